The number of amides is 1. The zero-order chi connectivity index (χ0) is 19.7. The molecular weight excluding hydrogens is 363 g/mol. The molecule has 146 valence electrons. The van der Waals surface area contributed by atoms with Crippen molar-refractivity contribution in [3.63, 3.8) is 0 Å². The van der Waals surface area contributed by atoms with Crippen molar-refractivity contribution >= 4 is 11.6 Å². The zero-order valence-corrected chi connectivity index (χ0v) is 15.4. The van der Waals surface area contributed by atoms with Gasteiger partial charge < -0.3 is 15.2 Å². The number of halogens is 1. The molecule has 0 spiro atoms. The van der Waals surface area contributed by atoms with E-state index in [0.29, 0.717) is 22.8 Å². The number of carbonyl (C=O) groups is 1. The summed E-state index contributed by atoms with van der Waals surface area (Å²) >= 11 is 0. The van der Waals surface area contributed by atoms with E-state index in [1.807, 2.05) is 0 Å². The lowest BCUT2D eigenvalue weighted by Gasteiger charge is -2.25. The van der Waals surface area contributed by atoms with Crippen molar-refractivity contribution in [1.29, 1.82) is 0 Å². The number of carbonyl (C=O) groups excluding carboxylic acids is 1. The lowest BCUT2D eigenvalue weighted by molar-refractivity contribution is 0.0637. The summed E-state index contributed by atoms with van der Waals surface area (Å²) in [5.41, 5.74) is 1.87. The van der Waals surface area contributed by atoms with E-state index >= 15 is 0 Å². The number of benzene rings is 1. The maximum Gasteiger partial charge on any atom is 0.251 e. The molecule has 1 fully saturated rings. The van der Waals surface area contributed by atoms with Gasteiger partial charge in [0, 0.05) is 24.2 Å². The van der Waals surface area contributed by atoms with Crippen LogP contribution in [0.3, 0.4) is 0 Å². The van der Waals surface area contributed by atoms with Crippen LogP contribution in [0.25, 0.3) is 16.9 Å². The molecule has 28 heavy (non-hydrogen) atoms. The Kier molecular flexibility index (Phi) is 4.95. The topological polar surface area (TPSA) is 88.8 Å². The number of fused-ring (bicyclic) bond motifs is 1. The van der Waals surface area contributed by atoms with Crippen molar-refractivity contribution < 1.29 is 19.0 Å². The molecule has 0 aliphatic heterocycles. The summed E-state index contributed by atoms with van der Waals surface area (Å²) in [6, 6.07) is 7.66. The van der Waals surface area contributed by atoms with E-state index in [0.717, 1.165) is 25.7 Å². The van der Waals surface area contributed by atoms with E-state index < -0.39 is 5.82 Å². The summed E-state index contributed by atoms with van der Waals surface area (Å²) in [6.07, 6.45) is 4.33. The number of aliphatic hydroxyl groups is 1. The van der Waals surface area contributed by atoms with Gasteiger partial charge in [0.1, 0.15) is 11.9 Å². The van der Waals surface area contributed by atoms with Crippen molar-refractivity contribution in [3.8, 4) is 17.1 Å². The second-order valence-electron chi connectivity index (χ2n) is 6.94. The van der Waals surface area contributed by atoms with Crippen molar-refractivity contribution in [3.05, 3.63) is 47.9 Å². The molecule has 1 saturated carbocycles. The number of imidazole rings is 1. The normalized spacial score (nSPS) is 19.5. The molecule has 0 saturated heterocycles. The SMILES string of the molecule is CNC(=O)c1cc(F)cc(-c2cnc3ccc(OC4CCC(O)CC4)nn23)c1. The average molecular weight is 384 g/mol. The molecule has 0 unspecified atom stereocenters. The molecule has 1 aromatic carbocycles. The third kappa shape index (κ3) is 3.68. The molecule has 2 aromatic heterocycles. The highest BCUT2D eigenvalue weighted by Crippen LogP contribution is 2.26. The molecule has 1 amide bonds. The third-order valence-electron chi connectivity index (χ3n) is 4.95. The predicted molar refractivity (Wildman–Crippen MR) is 101 cm³/mol. The molecule has 0 atom stereocenters. The molecule has 2 heterocycles. The van der Waals surface area contributed by atoms with Gasteiger partial charge in [-0.15, -0.1) is 5.10 Å². The fourth-order valence-electron chi connectivity index (χ4n) is 3.46. The summed E-state index contributed by atoms with van der Waals surface area (Å²) < 4.78 is 21.6. The monoisotopic (exact) mass is 384 g/mol. The Hall–Kier alpha value is -3.00. The number of aliphatic hydroxyl groups excluding tert-OH is 1. The van der Waals surface area contributed by atoms with Crippen LogP contribution in [0.4, 0.5) is 4.39 Å². The average Bonchev–Trinajstić information content (AvgIpc) is 3.12. The highest BCUT2D eigenvalue weighted by Gasteiger charge is 2.21. The summed E-state index contributed by atoms with van der Waals surface area (Å²) in [5.74, 6) is -0.443. The number of ether oxygens (including phenoxy) is 1. The van der Waals surface area contributed by atoms with Gasteiger partial charge in [-0.2, -0.15) is 0 Å². The molecule has 0 radical (unpaired) electrons. The van der Waals surface area contributed by atoms with E-state index in [-0.39, 0.29) is 23.7 Å². The van der Waals surface area contributed by atoms with Crippen molar-refractivity contribution in [2.45, 2.75) is 37.9 Å². The minimum Gasteiger partial charge on any atom is -0.473 e. The van der Waals surface area contributed by atoms with Gasteiger partial charge in [0.2, 0.25) is 5.88 Å². The molecule has 2 N–H and O–H groups in total. The number of nitrogens with one attached hydrogen (secondary N) is 1. The molecule has 7 nitrogen and oxygen atoms in total. The van der Waals surface area contributed by atoms with Gasteiger partial charge in [0.15, 0.2) is 5.65 Å². The Morgan fingerprint density at radius 3 is 2.79 bits per heavy atom. The van der Waals surface area contributed by atoms with Crippen LogP contribution >= 0.6 is 0 Å². The van der Waals surface area contributed by atoms with Crippen LogP contribution in [0.5, 0.6) is 5.88 Å². The summed E-state index contributed by atoms with van der Waals surface area (Å²) in [5, 5.41) is 16.6. The molecule has 1 aliphatic carbocycles. The highest BCUT2D eigenvalue weighted by molar-refractivity contribution is 5.95. The Morgan fingerprint density at radius 1 is 1.25 bits per heavy atom. The minimum atomic E-state index is -0.515. The predicted octanol–water partition coefficient (Wildman–Crippen LogP) is 2.58. The first kappa shape index (κ1) is 18.4. The first-order valence-corrected chi connectivity index (χ1v) is 9.26. The van der Waals surface area contributed by atoms with Gasteiger partial charge in [-0.3, -0.25) is 4.79 Å². The van der Waals surface area contributed by atoms with Crippen LogP contribution in [0.2, 0.25) is 0 Å². The fourth-order valence-corrected chi connectivity index (χ4v) is 3.46. The maximum absolute atomic E-state index is 14.1. The van der Waals surface area contributed by atoms with Crippen molar-refractivity contribution in [1.82, 2.24) is 19.9 Å². The Balaban J connectivity index is 1.67. The smallest absolute Gasteiger partial charge is 0.251 e. The van der Waals surface area contributed by atoms with Crippen LogP contribution in [-0.4, -0.2) is 44.9 Å². The first-order valence-electron chi connectivity index (χ1n) is 9.26. The maximum atomic E-state index is 14.1. The van der Waals surface area contributed by atoms with Crippen LogP contribution in [0, 0.1) is 5.82 Å². The van der Waals surface area contributed by atoms with Crippen LogP contribution < -0.4 is 10.1 Å². The van der Waals surface area contributed by atoms with Crippen molar-refractivity contribution in [2.24, 2.45) is 0 Å². The Labute approximate surface area is 161 Å². The lowest BCUT2D eigenvalue weighted by atomic mass is 9.95. The molecular formula is C20H21FN4O3. The van der Waals surface area contributed by atoms with Crippen molar-refractivity contribution in [2.75, 3.05) is 7.05 Å². The van der Waals surface area contributed by atoms with Crippen LogP contribution in [-0.2, 0) is 0 Å². The van der Waals surface area contributed by atoms with E-state index in [9.17, 15) is 14.3 Å². The van der Waals surface area contributed by atoms with Crippen LogP contribution in [0.1, 0.15) is 36.0 Å². The number of hydrogen-bond acceptors (Lipinski definition) is 5. The molecule has 4 rings (SSSR count). The molecule has 8 heteroatoms. The quantitative estimate of drug-likeness (QED) is 0.722. The van der Waals surface area contributed by atoms with Gasteiger partial charge in [-0.25, -0.2) is 13.9 Å². The molecule has 3 aromatic rings. The minimum absolute atomic E-state index is 0.00865. The van der Waals surface area contributed by atoms with Gasteiger partial charge in [-0.1, -0.05) is 0 Å². The lowest BCUT2D eigenvalue weighted by Crippen LogP contribution is -2.26. The number of hydrogen-bond donors (Lipinski definition) is 2. The standard InChI is InChI=1S/C20H21FN4O3/c1-22-20(27)13-8-12(9-14(21)10-13)17-11-23-18-6-7-19(24-25(17)18)28-16-4-2-15(26)3-5-16/h6-11,15-16,26H,2-5H2,1H3,(H,22,27). The summed E-state index contributed by atoms with van der Waals surface area (Å²) in [7, 11) is 1.50. The van der Waals surface area contributed by atoms with Gasteiger partial charge >= 0.3 is 0 Å². The Bertz CT molecular complexity index is 1010. The molecule has 1 aliphatic rings. The summed E-state index contributed by atoms with van der Waals surface area (Å²) in [6.45, 7) is 0. The fraction of sp³-hybridized carbons (Fsp3) is 0.350. The van der Waals surface area contributed by atoms with Crippen LogP contribution in [0.15, 0.2) is 36.5 Å². The zero-order valence-electron chi connectivity index (χ0n) is 15.4. The van der Waals surface area contributed by atoms with E-state index in [1.165, 1.54) is 19.2 Å². The van der Waals surface area contributed by atoms with E-state index in [4.69, 9.17) is 4.74 Å². The molecule has 0 bridgehead atoms. The Morgan fingerprint density at radius 2 is 2.04 bits per heavy atom. The van der Waals surface area contributed by atoms with Gasteiger partial charge in [-0.05, 0) is 49.9 Å². The van der Waals surface area contributed by atoms with E-state index in [1.54, 1.807) is 28.9 Å². The second-order valence-corrected chi connectivity index (χ2v) is 6.94. The van der Waals surface area contributed by atoms with Gasteiger partial charge in [0.25, 0.3) is 5.91 Å². The highest BCUT2D eigenvalue weighted by atomic mass is 19.1. The summed E-state index contributed by atoms with van der Waals surface area (Å²) in [4.78, 5) is 16.2. The third-order valence-corrected chi connectivity index (χ3v) is 4.95. The van der Waals surface area contributed by atoms with Gasteiger partial charge in [0.05, 0.1) is 18.0 Å². The largest absolute Gasteiger partial charge is 0.473 e. The number of rotatable bonds is 4. The van der Waals surface area contributed by atoms with E-state index in [2.05, 4.69) is 15.4 Å². The number of nitrogens with zero attached hydrogens (tertiary/aromatic N) is 3. The second kappa shape index (κ2) is 7.55. The first-order chi connectivity index (χ1) is 13.5. The number of aromatic nitrogens is 3.